The summed E-state index contributed by atoms with van der Waals surface area (Å²) in [6.45, 7) is 6.36. The maximum atomic E-state index is 11.1. The van der Waals surface area contributed by atoms with Crippen molar-refractivity contribution in [3.05, 3.63) is 0 Å². The van der Waals surface area contributed by atoms with Crippen LogP contribution in [0.5, 0.6) is 0 Å². The number of unbranched alkanes of at least 4 members (excludes halogenated alkanes) is 3. The molecule has 114 valence electrons. The van der Waals surface area contributed by atoms with Gasteiger partial charge < -0.3 is 15.4 Å². The molecule has 0 saturated heterocycles. The van der Waals surface area contributed by atoms with Gasteiger partial charge in [-0.1, -0.05) is 18.8 Å². The van der Waals surface area contributed by atoms with Crippen LogP contribution in [-0.2, 0) is 9.53 Å². The Morgan fingerprint density at radius 3 is 2.60 bits per heavy atom. The summed E-state index contributed by atoms with van der Waals surface area (Å²) in [6.07, 6.45) is 9.71. The van der Waals surface area contributed by atoms with E-state index >= 15 is 0 Å². The Hall–Kier alpha value is -1.70. The molecule has 0 radical (unpaired) electrons. The van der Waals surface area contributed by atoms with Crippen molar-refractivity contribution in [1.29, 1.82) is 0 Å². The molecule has 5 nitrogen and oxygen atoms in total. The van der Waals surface area contributed by atoms with Crippen molar-refractivity contribution in [2.75, 3.05) is 26.2 Å². The number of carbonyl (C=O) groups is 1. The Bertz CT molecular complexity index is 322. The zero-order chi connectivity index (χ0) is 15.1. The molecule has 0 aliphatic carbocycles. The van der Waals surface area contributed by atoms with Gasteiger partial charge in [0.15, 0.2) is 5.96 Å². The molecule has 2 N–H and O–H groups in total. The molecule has 0 aliphatic heterocycles. The average Bonchev–Trinajstić information content (AvgIpc) is 2.43. The summed E-state index contributed by atoms with van der Waals surface area (Å²) in [7, 11) is 0. The van der Waals surface area contributed by atoms with Crippen LogP contribution in [0.15, 0.2) is 4.99 Å². The zero-order valence-electron chi connectivity index (χ0n) is 12.7. The van der Waals surface area contributed by atoms with E-state index in [2.05, 4.69) is 21.5 Å². The van der Waals surface area contributed by atoms with Crippen molar-refractivity contribution in [3.63, 3.8) is 0 Å². The molecule has 0 heterocycles. The van der Waals surface area contributed by atoms with Gasteiger partial charge in [0.2, 0.25) is 0 Å². The van der Waals surface area contributed by atoms with Crippen LogP contribution in [0.2, 0.25) is 0 Å². The van der Waals surface area contributed by atoms with E-state index in [4.69, 9.17) is 11.2 Å². The number of esters is 1. The van der Waals surface area contributed by atoms with Gasteiger partial charge in [0, 0.05) is 19.5 Å². The van der Waals surface area contributed by atoms with Gasteiger partial charge >= 0.3 is 5.97 Å². The summed E-state index contributed by atoms with van der Waals surface area (Å²) in [4.78, 5) is 15.5. The number of ether oxygens (including phenoxy) is 1. The number of nitrogens with one attached hydrogen (secondary N) is 2. The Balaban J connectivity index is 3.61. The number of guanidine groups is 1. The normalized spacial score (nSPS) is 10.8. The minimum Gasteiger partial charge on any atom is -0.466 e. The SMILES string of the molecule is C#CCNC(=NCCCCCCC(=O)OCC)NCC. The fourth-order valence-electron chi connectivity index (χ4n) is 1.64. The fourth-order valence-corrected chi connectivity index (χ4v) is 1.64. The highest BCUT2D eigenvalue weighted by Gasteiger charge is 2.00. The number of carbonyl (C=O) groups excluding carboxylic acids is 1. The molecule has 20 heavy (non-hydrogen) atoms. The summed E-state index contributed by atoms with van der Waals surface area (Å²) in [5.74, 6) is 3.18. The predicted molar refractivity (Wildman–Crippen MR) is 82.5 cm³/mol. The maximum absolute atomic E-state index is 11.1. The van der Waals surface area contributed by atoms with E-state index in [1.54, 1.807) is 0 Å². The molecule has 0 fully saturated rings. The van der Waals surface area contributed by atoms with Gasteiger partial charge in [-0.15, -0.1) is 6.42 Å². The van der Waals surface area contributed by atoms with Crippen LogP contribution >= 0.6 is 0 Å². The quantitative estimate of drug-likeness (QED) is 0.210. The number of rotatable bonds is 10. The molecule has 0 aromatic rings. The van der Waals surface area contributed by atoms with E-state index in [-0.39, 0.29) is 5.97 Å². The van der Waals surface area contributed by atoms with Gasteiger partial charge in [0.25, 0.3) is 0 Å². The van der Waals surface area contributed by atoms with Gasteiger partial charge in [0.1, 0.15) is 0 Å². The van der Waals surface area contributed by atoms with E-state index in [0.717, 1.165) is 44.7 Å². The van der Waals surface area contributed by atoms with Crippen LogP contribution in [0.3, 0.4) is 0 Å². The lowest BCUT2D eigenvalue weighted by Crippen LogP contribution is -2.37. The van der Waals surface area contributed by atoms with Crippen molar-refractivity contribution in [2.24, 2.45) is 4.99 Å². The number of terminal acetylenes is 1. The summed E-state index contributed by atoms with van der Waals surface area (Å²) in [5, 5.41) is 6.17. The standard InChI is InChI=1S/C15H27N3O2/c1-4-12-17-15(16-5-2)18-13-10-8-7-9-11-14(19)20-6-3/h1H,5-13H2,2-3H3,(H2,16,17,18). The summed E-state index contributed by atoms with van der Waals surface area (Å²) in [5.41, 5.74) is 0. The van der Waals surface area contributed by atoms with E-state index in [1.165, 1.54) is 0 Å². The second-order valence-corrected chi connectivity index (χ2v) is 4.29. The van der Waals surface area contributed by atoms with Gasteiger partial charge in [0.05, 0.1) is 13.2 Å². The number of nitrogens with zero attached hydrogens (tertiary/aromatic N) is 1. The molecule has 0 rings (SSSR count). The predicted octanol–water partition coefficient (Wildman–Crippen LogP) is 1.69. The van der Waals surface area contributed by atoms with Gasteiger partial charge in [-0.3, -0.25) is 9.79 Å². The summed E-state index contributed by atoms with van der Waals surface area (Å²) >= 11 is 0. The maximum Gasteiger partial charge on any atom is 0.305 e. The first kappa shape index (κ1) is 18.3. The van der Waals surface area contributed by atoms with E-state index in [1.807, 2.05) is 13.8 Å². The smallest absolute Gasteiger partial charge is 0.305 e. The minimum absolute atomic E-state index is 0.0987. The Morgan fingerprint density at radius 1 is 1.20 bits per heavy atom. The topological polar surface area (TPSA) is 62.7 Å². The first-order valence-electron chi connectivity index (χ1n) is 7.35. The number of hydrogen-bond acceptors (Lipinski definition) is 3. The van der Waals surface area contributed by atoms with Crippen molar-refractivity contribution >= 4 is 11.9 Å². The fraction of sp³-hybridized carbons (Fsp3) is 0.733. The third kappa shape index (κ3) is 11.4. The number of hydrogen-bond donors (Lipinski definition) is 2. The highest BCUT2D eigenvalue weighted by atomic mass is 16.5. The minimum atomic E-state index is -0.0987. The lowest BCUT2D eigenvalue weighted by molar-refractivity contribution is -0.143. The molecular formula is C15H27N3O2. The lowest BCUT2D eigenvalue weighted by Gasteiger charge is -2.08. The molecule has 0 bridgehead atoms. The molecule has 0 aliphatic rings. The van der Waals surface area contributed by atoms with Crippen molar-refractivity contribution in [1.82, 2.24) is 10.6 Å². The molecule has 0 amide bonds. The molecule has 0 aromatic heterocycles. The summed E-state index contributed by atoms with van der Waals surface area (Å²) < 4.78 is 4.87. The Labute approximate surface area is 122 Å². The average molecular weight is 281 g/mol. The van der Waals surface area contributed by atoms with Crippen LogP contribution in [0.25, 0.3) is 0 Å². The second-order valence-electron chi connectivity index (χ2n) is 4.29. The van der Waals surface area contributed by atoms with Crippen molar-refractivity contribution in [2.45, 2.75) is 46.0 Å². The van der Waals surface area contributed by atoms with E-state index < -0.39 is 0 Å². The van der Waals surface area contributed by atoms with E-state index in [9.17, 15) is 4.79 Å². The first-order chi connectivity index (χ1) is 9.74. The van der Waals surface area contributed by atoms with Crippen molar-refractivity contribution in [3.8, 4) is 12.3 Å². The molecule has 0 saturated carbocycles. The molecule has 5 heteroatoms. The third-order valence-electron chi connectivity index (χ3n) is 2.57. The van der Waals surface area contributed by atoms with Crippen molar-refractivity contribution < 1.29 is 9.53 Å². The van der Waals surface area contributed by atoms with Crippen LogP contribution in [0.4, 0.5) is 0 Å². The summed E-state index contributed by atoms with van der Waals surface area (Å²) in [6, 6.07) is 0. The monoisotopic (exact) mass is 281 g/mol. The second kappa shape index (κ2) is 13.7. The largest absolute Gasteiger partial charge is 0.466 e. The Kier molecular flexibility index (Phi) is 12.6. The van der Waals surface area contributed by atoms with Crippen LogP contribution in [0, 0.1) is 12.3 Å². The Morgan fingerprint density at radius 2 is 1.95 bits per heavy atom. The van der Waals surface area contributed by atoms with Crippen LogP contribution in [-0.4, -0.2) is 38.2 Å². The zero-order valence-corrected chi connectivity index (χ0v) is 12.7. The molecule has 0 spiro atoms. The van der Waals surface area contributed by atoms with Gasteiger partial charge in [-0.05, 0) is 26.7 Å². The molecular weight excluding hydrogens is 254 g/mol. The first-order valence-corrected chi connectivity index (χ1v) is 7.35. The highest BCUT2D eigenvalue weighted by molar-refractivity contribution is 5.79. The third-order valence-corrected chi connectivity index (χ3v) is 2.57. The van der Waals surface area contributed by atoms with Crippen LogP contribution in [0.1, 0.15) is 46.0 Å². The van der Waals surface area contributed by atoms with E-state index in [0.29, 0.717) is 19.6 Å². The van der Waals surface area contributed by atoms with Gasteiger partial charge in [-0.25, -0.2) is 0 Å². The molecule has 0 unspecified atom stereocenters. The highest BCUT2D eigenvalue weighted by Crippen LogP contribution is 2.04. The lowest BCUT2D eigenvalue weighted by atomic mass is 10.1. The molecule has 0 atom stereocenters. The number of aliphatic imine (C=N–C) groups is 1. The van der Waals surface area contributed by atoms with Gasteiger partial charge in [-0.2, -0.15) is 0 Å². The molecule has 0 aromatic carbocycles. The van der Waals surface area contributed by atoms with Crippen LogP contribution < -0.4 is 10.6 Å².